The largest absolute Gasteiger partial charge is 0.396 e. The van der Waals surface area contributed by atoms with Gasteiger partial charge in [-0.3, -0.25) is 9.69 Å². The number of aliphatic hydroxyl groups excluding tert-OH is 1. The Bertz CT molecular complexity index is 823. The van der Waals surface area contributed by atoms with E-state index in [2.05, 4.69) is 17.9 Å². The van der Waals surface area contributed by atoms with E-state index in [1.165, 1.54) is 4.91 Å². The molecular weight excluding hydrogens is 415 g/mol. The molecule has 31 heavy (non-hydrogen) atoms. The first-order chi connectivity index (χ1) is 15.0. The van der Waals surface area contributed by atoms with Crippen LogP contribution in [0.5, 0.6) is 0 Å². The van der Waals surface area contributed by atoms with Crippen molar-refractivity contribution in [2.24, 2.45) is 5.92 Å². The van der Waals surface area contributed by atoms with Crippen molar-refractivity contribution in [2.75, 3.05) is 45.1 Å². The van der Waals surface area contributed by atoms with Crippen LogP contribution in [-0.2, 0) is 22.5 Å². The summed E-state index contributed by atoms with van der Waals surface area (Å²) in [6, 6.07) is 5.43. The molecule has 170 valence electrons. The van der Waals surface area contributed by atoms with Gasteiger partial charge in [-0.15, -0.1) is 11.8 Å². The number of ether oxygens (including phenoxy) is 1. The van der Waals surface area contributed by atoms with Crippen molar-refractivity contribution in [3.05, 3.63) is 46.1 Å². The predicted octanol–water partition coefficient (Wildman–Crippen LogP) is 3.21. The molecule has 3 aliphatic rings. The first-order valence-electron chi connectivity index (χ1n) is 11.4. The van der Waals surface area contributed by atoms with Crippen LogP contribution in [0.4, 0.5) is 4.39 Å². The molecule has 5 nitrogen and oxygen atoms in total. The number of hydrogen-bond acceptors (Lipinski definition) is 5. The Morgan fingerprint density at radius 1 is 1.29 bits per heavy atom. The summed E-state index contributed by atoms with van der Waals surface area (Å²) < 4.78 is 20.9. The third-order valence-electron chi connectivity index (χ3n) is 6.76. The summed E-state index contributed by atoms with van der Waals surface area (Å²) in [7, 11) is 0. The molecule has 4 rings (SSSR count). The van der Waals surface area contributed by atoms with Crippen LogP contribution in [0.3, 0.4) is 0 Å². The summed E-state index contributed by atoms with van der Waals surface area (Å²) in [4.78, 5) is 18.7. The molecule has 0 radical (unpaired) electrons. The van der Waals surface area contributed by atoms with Crippen LogP contribution < -0.4 is 0 Å². The summed E-state index contributed by atoms with van der Waals surface area (Å²) in [5.41, 5.74) is 0.981. The number of carbonyl (C=O) groups excluding carboxylic acids is 1. The van der Waals surface area contributed by atoms with E-state index in [1.807, 2.05) is 28.8 Å². The summed E-state index contributed by atoms with van der Waals surface area (Å²) in [5.74, 6) is 0.908. The number of benzene rings is 1. The van der Waals surface area contributed by atoms with Crippen molar-refractivity contribution < 1.29 is 19.0 Å². The normalized spacial score (nSPS) is 23.9. The standard InChI is InChI=1S/C24H33FN2O3S/c1-2-21-14-20(16-31-21)23(29)27-11-13-30-24(17-27)7-9-26(10-8-24)15-19-5-3-4-18(6-12-28)22(19)25/h3-5,14,20,28H,2,6-13,15-17H2,1H3. The Morgan fingerprint density at radius 2 is 2.06 bits per heavy atom. The average molecular weight is 449 g/mol. The van der Waals surface area contributed by atoms with Crippen molar-refractivity contribution in [3.8, 4) is 0 Å². The molecule has 2 fully saturated rings. The summed E-state index contributed by atoms with van der Waals surface area (Å²) in [6.07, 6.45) is 5.20. The molecule has 0 aliphatic carbocycles. The molecule has 1 N–H and O–H groups in total. The lowest BCUT2D eigenvalue weighted by Gasteiger charge is -2.47. The maximum atomic E-state index is 14.7. The minimum absolute atomic E-state index is 0.00404. The number of carbonyl (C=O) groups is 1. The van der Waals surface area contributed by atoms with Crippen LogP contribution in [0, 0.1) is 11.7 Å². The number of allylic oxidation sites excluding steroid dienone is 1. The first kappa shape index (κ1) is 22.8. The lowest BCUT2D eigenvalue weighted by atomic mass is 9.88. The third-order valence-corrected chi connectivity index (χ3v) is 8.08. The third kappa shape index (κ3) is 5.16. The molecule has 1 aromatic carbocycles. The van der Waals surface area contributed by atoms with Gasteiger partial charge in [-0.1, -0.05) is 31.2 Å². The van der Waals surface area contributed by atoms with Gasteiger partial charge in [-0.2, -0.15) is 0 Å². The summed E-state index contributed by atoms with van der Waals surface area (Å²) in [5, 5.41) is 9.13. The molecule has 1 atom stereocenters. The fourth-order valence-corrected chi connectivity index (χ4v) is 5.98. The van der Waals surface area contributed by atoms with Gasteiger partial charge in [0.2, 0.25) is 5.91 Å². The summed E-state index contributed by atoms with van der Waals surface area (Å²) in [6.45, 7) is 6.23. The van der Waals surface area contributed by atoms with Crippen molar-refractivity contribution in [3.63, 3.8) is 0 Å². The van der Waals surface area contributed by atoms with Crippen molar-refractivity contribution in [1.29, 1.82) is 0 Å². The quantitative estimate of drug-likeness (QED) is 0.724. The van der Waals surface area contributed by atoms with Gasteiger partial charge in [0.25, 0.3) is 0 Å². The topological polar surface area (TPSA) is 53.0 Å². The molecule has 0 saturated carbocycles. The van der Waals surface area contributed by atoms with Gasteiger partial charge in [0, 0.05) is 50.6 Å². The molecule has 3 heterocycles. The molecular formula is C24H33FN2O3S. The first-order valence-corrected chi connectivity index (χ1v) is 12.4. The second kappa shape index (κ2) is 10.0. The van der Waals surface area contributed by atoms with Gasteiger partial charge in [0.15, 0.2) is 0 Å². The maximum absolute atomic E-state index is 14.7. The molecule has 1 aromatic rings. The Kier molecular flexibility index (Phi) is 7.37. The zero-order valence-electron chi connectivity index (χ0n) is 18.3. The van der Waals surface area contributed by atoms with Crippen molar-refractivity contribution >= 4 is 17.7 Å². The minimum atomic E-state index is -0.273. The number of rotatable bonds is 6. The molecule has 7 heteroatoms. The molecule has 1 amide bonds. The molecule has 0 bridgehead atoms. The number of aliphatic hydroxyl groups is 1. The highest BCUT2D eigenvalue weighted by atomic mass is 32.2. The number of hydrogen-bond donors (Lipinski definition) is 1. The fourth-order valence-electron chi connectivity index (χ4n) is 4.88. The van der Waals surface area contributed by atoms with E-state index in [1.54, 1.807) is 6.07 Å². The maximum Gasteiger partial charge on any atom is 0.230 e. The van der Waals surface area contributed by atoms with E-state index >= 15 is 0 Å². The minimum Gasteiger partial charge on any atom is -0.396 e. The van der Waals surface area contributed by atoms with E-state index in [0.717, 1.165) is 38.1 Å². The SMILES string of the molecule is CCC1=CC(C(=O)N2CCOC3(CCN(Cc4cccc(CCO)c4F)CC3)C2)CS1. The van der Waals surface area contributed by atoms with Crippen LogP contribution in [0.15, 0.2) is 29.2 Å². The van der Waals surface area contributed by atoms with Gasteiger partial charge in [-0.05, 0) is 36.2 Å². The van der Waals surface area contributed by atoms with E-state index in [9.17, 15) is 9.18 Å². The highest BCUT2D eigenvalue weighted by molar-refractivity contribution is 8.03. The lowest BCUT2D eigenvalue weighted by molar-refractivity contribution is -0.161. The molecule has 1 spiro atoms. The highest BCUT2D eigenvalue weighted by Gasteiger charge is 2.42. The second-order valence-corrected chi connectivity index (χ2v) is 9.98. The number of thioether (sulfide) groups is 1. The van der Waals surface area contributed by atoms with Crippen molar-refractivity contribution in [2.45, 2.75) is 44.8 Å². The highest BCUT2D eigenvalue weighted by Crippen LogP contribution is 2.35. The number of amides is 1. The van der Waals surface area contributed by atoms with Gasteiger partial charge in [0.1, 0.15) is 5.82 Å². The molecule has 3 aliphatic heterocycles. The van der Waals surface area contributed by atoms with Crippen molar-refractivity contribution in [1.82, 2.24) is 9.80 Å². The Morgan fingerprint density at radius 3 is 2.77 bits per heavy atom. The monoisotopic (exact) mass is 448 g/mol. The van der Waals surface area contributed by atoms with Gasteiger partial charge < -0.3 is 14.7 Å². The van der Waals surface area contributed by atoms with Crippen LogP contribution >= 0.6 is 11.8 Å². The van der Waals surface area contributed by atoms with Crippen LogP contribution in [0.1, 0.15) is 37.3 Å². The number of halogens is 1. The zero-order chi connectivity index (χ0) is 21.8. The Labute approximate surface area is 188 Å². The average Bonchev–Trinajstić information content (AvgIpc) is 3.27. The number of piperidine rings is 1. The molecule has 0 aromatic heterocycles. The van der Waals surface area contributed by atoms with Gasteiger partial charge in [-0.25, -0.2) is 4.39 Å². The zero-order valence-corrected chi connectivity index (χ0v) is 19.1. The van der Waals surface area contributed by atoms with E-state index in [-0.39, 0.29) is 29.9 Å². The predicted molar refractivity (Wildman–Crippen MR) is 121 cm³/mol. The Hall–Kier alpha value is -1.41. The molecule has 2 saturated heterocycles. The fraction of sp³-hybridized carbons (Fsp3) is 0.625. The van der Waals surface area contributed by atoms with E-state index in [4.69, 9.17) is 9.84 Å². The van der Waals surface area contributed by atoms with Gasteiger partial charge >= 0.3 is 0 Å². The number of morpholine rings is 1. The molecule has 1 unspecified atom stereocenters. The van der Waals surface area contributed by atoms with Crippen LogP contribution in [0.2, 0.25) is 0 Å². The second-order valence-electron chi connectivity index (χ2n) is 8.84. The lowest BCUT2D eigenvalue weighted by Crippen LogP contribution is -2.58. The van der Waals surface area contributed by atoms with Gasteiger partial charge in [0.05, 0.1) is 18.1 Å². The van der Waals surface area contributed by atoms with E-state index < -0.39 is 0 Å². The van der Waals surface area contributed by atoms with Crippen LogP contribution in [0.25, 0.3) is 0 Å². The summed E-state index contributed by atoms with van der Waals surface area (Å²) >= 11 is 1.81. The Balaban J connectivity index is 1.34. The smallest absolute Gasteiger partial charge is 0.230 e. The van der Waals surface area contributed by atoms with Crippen LogP contribution in [-0.4, -0.2) is 71.6 Å². The number of nitrogens with zero attached hydrogens (tertiary/aromatic N) is 2. The number of likely N-dealkylation sites (tertiary alicyclic amines) is 1. The van der Waals surface area contributed by atoms with E-state index in [0.29, 0.717) is 43.8 Å².